The zero-order chi connectivity index (χ0) is 10.0. The fourth-order valence-corrected chi connectivity index (χ4v) is 1.53. The zero-order valence-electron chi connectivity index (χ0n) is 6.90. The van der Waals surface area contributed by atoms with Gasteiger partial charge in [0, 0.05) is 5.57 Å². The molecule has 6 heteroatoms. The molecule has 4 nitrogen and oxygen atoms in total. The lowest BCUT2D eigenvalue weighted by atomic mass is 10.4. The van der Waals surface area contributed by atoms with Crippen LogP contribution in [-0.4, -0.2) is 27.0 Å². The molecule has 1 saturated heterocycles. The van der Waals surface area contributed by atoms with Crippen molar-refractivity contribution in [2.45, 2.75) is 6.92 Å². The quantitative estimate of drug-likeness (QED) is 0.507. The van der Waals surface area contributed by atoms with E-state index in [0.717, 1.165) is 5.06 Å². The van der Waals surface area contributed by atoms with E-state index in [-0.39, 0.29) is 21.6 Å². The highest BCUT2D eigenvalue weighted by Gasteiger charge is 2.30. The number of amides is 1. The van der Waals surface area contributed by atoms with Crippen LogP contribution in [0.3, 0.4) is 0 Å². The van der Waals surface area contributed by atoms with Gasteiger partial charge in [0.25, 0.3) is 5.91 Å². The van der Waals surface area contributed by atoms with Gasteiger partial charge in [0.1, 0.15) is 0 Å². The second-order valence-electron chi connectivity index (χ2n) is 2.40. The third-order valence-corrected chi connectivity index (χ3v) is 2.56. The summed E-state index contributed by atoms with van der Waals surface area (Å²) in [5.74, 6) is -0.731. The average molecular weight is 217 g/mol. The molecule has 0 atom stereocenters. The molecule has 1 fully saturated rings. The Morgan fingerprint density at radius 3 is 2.77 bits per heavy atom. The second-order valence-corrected chi connectivity index (χ2v) is 4.01. The molecule has 0 aromatic carbocycles. The molecule has 13 heavy (non-hydrogen) atoms. The van der Waals surface area contributed by atoms with Crippen molar-refractivity contribution in [2.24, 2.45) is 0 Å². The molecule has 0 N–H and O–H groups in total. The largest absolute Gasteiger partial charge is 0.358 e. The summed E-state index contributed by atoms with van der Waals surface area (Å²) in [6.07, 6.45) is 0. The summed E-state index contributed by atoms with van der Waals surface area (Å²) in [5.41, 5.74) is 0.229. The molecule has 0 aromatic heterocycles. The highest BCUT2D eigenvalue weighted by atomic mass is 32.2. The molecule has 1 heterocycles. The number of carbonyl (C=O) groups is 2. The van der Waals surface area contributed by atoms with Crippen molar-refractivity contribution in [1.29, 1.82) is 0 Å². The maximum Gasteiger partial charge on any atom is 0.358 e. The number of hydroxylamine groups is 2. The van der Waals surface area contributed by atoms with Crippen LogP contribution in [0.5, 0.6) is 0 Å². The summed E-state index contributed by atoms with van der Waals surface area (Å²) in [6.45, 7) is 4.88. The fraction of sp³-hybridized carbons (Fsp3) is 0.286. The van der Waals surface area contributed by atoms with E-state index in [9.17, 15) is 9.59 Å². The number of nitrogens with zero attached hydrogens (tertiary/aromatic N) is 1. The lowest BCUT2D eigenvalue weighted by molar-refractivity contribution is -0.175. The van der Waals surface area contributed by atoms with E-state index in [1.54, 1.807) is 0 Å². The lowest BCUT2D eigenvalue weighted by Gasteiger charge is -2.12. The monoisotopic (exact) mass is 217 g/mol. The van der Waals surface area contributed by atoms with Crippen molar-refractivity contribution in [2.75, 3.05) is 5.75 Å². The third-order valence-electron chi connectivity index (χ3n) is 1.23. The van der Waals surface area contributed by atoms with E-state index in [4.69, 9.17) is 12.2 Å². The SMILES string of the molecule is C=C(C)C(=O)ON1C(=O)CSC1=S. The van der Waals surface area contributed by atoms with Crippen LogP contribution in [0.25, 0.3) is 0 Å². The molecule has 0 unspecified atom stereocenters. The molecule has 1 amide bonds. The lowest BCUT2D eigenvalue weighted by Crippen LogP contribution is -2.31. The Bertz CT molecular complexity index is 284. The van der Waals surface area contributed by atoms with Crippen LogP contribution in [0.2, 0.25) is 0 Å². The van der Waals surface area contributed by atoms with Crippen molar-refractivity contribution in [3.05, 3.63) is 12.2 Å². The average Bonchev–Trinajstić information content (AvgIpc) is 2.35. The van der Waals surface area contributed by atoms with Gasteiger partial charge in [-0.25, -0.2) is 4.79 Å². The van der Waals surface area contributed by atoms with Crippen molar-refractivity contribution in [3.8, 4) is 0 Å². The normalized spacial score (nSPS) is 16.2. The topological polar surface area (TPSA) is 46.6 Å². The number of thiocarbonyl (C=S) groups is 1. The highest BCUT2D eigenvalue weighted by Crippen LogP contribution is 2.19. The second kappa shape index (κ2) is 3.89. The third kappa shape index (κ3) is 2.28. The molecule has 0 aliphatic carbocycles. The predicted octanol–water partition coefficient (Wildman–Crippen LogP) is 0.881. The van der Waals surface area contributed by atoms with Gasteiger partial charge in [-0.3, -0.25) is 4.79 Å². The number of carbonyl (C=O) groups excluding carboxylic acids is 2. The minimum absolute atomic E-state index is 0.225. The Labute approximate surface area is 84.9 Å². The Morgan fingerprint density at radius 1 is 1.77 bits per heavy atom. The first kappa shape index (κ1) is 10.2. The summed E-state index contributed by atoms with van der Waals surface area (Å²) in [4.78, 5) is 26.7. The Kier molecular flexibility index (Phi) is 3.05. The molecule has 1 rings (SSSR count). The maximum atomic E-state index is 11.1. The Balaban J connectivity index is 2.63. The minimum Gasteiger partial charge on any atom is -0.327 e. The fourth-order valence-electron chi connectivity index (χ4n) is 0.592. The molecule has 1 aliphatic heterocycles. The first-order chi connectivity index (χ1) is 6.02. The standard InChI is InChI=1S/C7H7NO3S2/c1-4(2)6(10)11-8-5(9)3-13-7(8)12/h1,3H2,2H3. The first-order valence-electron chi connectivity index (χ1n) is 3.40. The van der Waals surface area contributed by atoms with Gasteiger partial charge in [0.2, 0.25) is 0 Å². The van der Waals surface area contributed by atoms with Crippen LogP contribution in [0.1, 0.15) is 6.92 Å². The van der Waals surface area contributed by atoms with Gasteiger partial charge in [0.05, 0.1) is 5.75 Å². The maximum absolute atomic E-state index is 11.1. The van der Waals surface area contributed by atoms with E-state index < -0.39 is 5.97 Å². The van der Waals surface area contributed by atoms with Crippen LogP contribution < -0.4 is 0 Å². The van der Waals surface area contributed by atoms with E-state index in [2.05, 4.69) is 11.4 Å². The van der Waals surface area contributed by atoms with Crippen molar-refractivity contribution < 1.29 is 14.4 Å². The number of rotatable bonds is 2. The summed E-state index contributed by atoms with van der Waals surface area (Å²) in [6, 6.07) is 0. The van der Waals surface area contributed by atoms with E-state index in [1.165, 1.54) is 18.7 Å². The number of hydrogen-bond acceptors (Lipinski definition) is 5. The summed E-state index contributed by atoms with van der Waals surface area (Å²) < 4.78 is 0.264. The minimum atomic E-state index is -0.641. The summed E-state index contributed by atoms with van der Waals surface area (Å²) in [7, 11) is 0. The van der Waals surface area contributed by atoms with E-state index in [0.29, 0.717) is 0 Å². The van der Waals surface area contributed by atoms with E-state index in [1.807, 2.05) is 0 Å². The van der Waals surface area contributed by atoms with Gasteiger partial charge in [-0.05, 0) is 19.1 Å². The molecule has 70 valence electrons. The van der Waals surface area contributed by atoms with Crippen LogP contribution in [-0.2, 0) is 14.4 Å². The van der Waals surface area contributed by atoms with Gasteiger partial charge in [-0.15, -0.1) is 5.06 Å². The molecule has 0 bridgehead atoms. The number of hydrogen-bond donors (Lipinski definition) is 0. The zero-order valence-corrected chi connectivity index (χ0v) is 8.54. The van der Waals surface area contributed by atoms with Crippen molar-refractivity contribution >= 4 is 40.2 Å². The predicted molar refractivity (Wildman–Crippen MR) is 52.8 cm³/mol. The van der Waals surface area contributed by atoms with Crippen LogP contribution in [0, 0.1) is 0 Å². The molecule has 0 spiro atoms. The molecule has 0 aromatic rings. The molecule has 0 radical (unpaired) electrons. The molecule has 0 saturated carbocycles. The van der Waals surface area contributed by atoms with Crippen LogP contribution in [0.4, 0.5) is 0 Å². The van der Waals surface area contributed by atoms with Crippen molar-refractivity contribution in [1.82, 2.24) is 5.06 Å². The van der Waals surface area contributed by atoms with Crippen LogP contribution in [0.15, 0.2) is 12.2 Å². The smallest absolute Gasteiger partial charge is 0.327 e. The van der Waals surface area contributed by atoms with Gasteiger partial charge in [-0.2, -0.15) is 0 Å². The van der Waals surface area contributed by atoms with Gasteiger partial charge < -0.3 is 4.84 Å². The molecular formula is C7H7NO3S2. The summed E-state index contributed by atoms with van der Waals surface area (Å²) in [5, 5.41) is 0.830. The highest BCUT2D eigenvalue weighted by molar-refractivity contribution is 8.23. The van der Waals surface area contributed by atoms with E-state index >= 15 is 0 Å². The molecule has 1 aliphatic rings. The Hall–Kier alpha value is -0.880. The van der Waals surface area contributed by atoms with Crippen molar-refractivity contribution in [3.63, 3.8) is 0 Å². The van der Waals surface area contributed by atoms with Gasteiger partial charge >= 0.3 is 5.97 Å². The van der Waals surface area contributed by atoms with Gasteiger partial charge in [0.15, 0.2) is 4.32 Å². The molecular weight excluding hydrogens is 210 g/mol. The first-order valence-corrected chi connectivity index (χ1v) is 4.79. The van der Waals surface area contributed by atoms with Gasteiger partial charge in [-0.1, -0.05) is 18.3 Å². The van der Waals surface area contributed by atoms with Crippen LogP contribution >= 0.6 is 24.0 Å². The summed E-state index contributed by atoms with van der Waals surface area (Å²) >= 11 is 5.95. The Morgan fingerprint density at radius 2 is 2.38 bits per heavy atom. The number of thioether (sulfide) groups is 1.